The molecule has 3 aromatic rings. The third-order valence-corrected chi connectivity index (χ3v) is 5.02. The molecule has 0 unspecified atom stereocenters. The highest BCUT2D eigenvalue weighted by Crippen LogP contribution is 2.32. The third kappa shape index (κ3) is 3.22. The van der Waals surface area contributed by atoms with Crippen LogP contribution in [0.3, 0.4) is 0 Å². The lowest BCUT2D eigenvalue weighted by Gasteiger charge is -2.31. The highest BCUT2D eigenvalue weighted by molar-refractivity contribution is 6.05. The van der Waals surface area contributed by atoms with Gasteiger partial charge in [0.05, 0.1) is 11.4 Å². The van der Waals surface area contributed by atoms with Crippen molar-refractivity contribution in [2.24, 2.45) is 0 Å². The third-order valence-electron chi connectivity index (χ3n) is 5.02. The first kappa shape index (κ1) is 18.1. The van der Waals surface area contributed by atoms with Gasteiger partial charge in [-0.05, 0) is 60.7 Å². The molecule has 0 N–H and O–H groups in total. The summed E-state index contributed by atoms with van der Waals surface area (Å²) in [4.78, 5) is 27.3. The molecule has 0 radical (unpaired) electrons. The summed E-state index contributed by atoms with van der Waals surface area (Å²) in [7, 11) is 0. The fourth-order valence-electron chi connectivity index (χ4n) is 3.65. The van der Waals surface area contributed by atoms with Gasteiger partial charge in [0.2, 0.25) is 0 Å². The summed E-state index contributed by atoms with van der Waals surface area (Å²) in [6.07, 6.45) is 2.65. The number of carbonyl (C=O) groups excluding carboxylic acids is 1. The SMILES string of the molecule is CCc1cccc2c1N(C(=O)c1ccc(=O)n(-c3ccc(F)cc3)n1)CCC2. The maximum absolute atomic E-state index is 13.3. The molecular weight excluding hydrogens is 357 g/mol. The second kappa shape index (κ2) is 7.38. The van der Waals surface area contributed by atoms with Gasteiger partial charge in [0.25, 0.3) is 11.5 Å². The molecule has 28 heavy (non-hydrogen) atoms. The van der Waals surface area contributed by atoms with Crippen LogP contribution in [0, 0.1) is 5.82 Å². The Labute approximate surface area is 162 Å². The largest absolute Gasteiger partial charge is 0.306 e. The molecule has 1 aliphatic heterocycles. The summed E-state index contributed by atoms with van der Waals surface area (Å²) in [5, 5.41) is 4.27. The molecule has 142 valence electrons. The van der Waals surface area contributed by atoms with Crippen LogP contribution in [0.25, 0.3) is 5.69 Å². The van der Waals surface area contributed by atoms with Crippen molar-refractivity contribution in [2.45, 2.75) is 26.2 Å². The van der Waals surface area contributed by atoms with Gasteiger partial charge in [-0.1, -0.05) is 25.1 Å². The van der Waals surface area contributed by atoms with Gasteiger partial charge < -0.3 is 4.90 Å². The summed E-state index contributed by atoms with van der Waals surface area (Å²) in [5.41, 5.74) is 3.46. The highest BCUT2D eigenvalue weighted by atomic mass is 19.1. The summed E-state index contributed by atoms with van der Waals surface area (Å²) < 4.78 is 14.3. The Kier molecular flexibility index (Phi) is 4.77. The molecule has 0 fully saturated rings. The maximum Gasteiger partial charge on any atom is 0.278 e. The average molecular weight is 377 g/mol. The van der Waals surface area contributed by atoms with Crippen molar-refractivity contribution in [1.82, 2.24) is 9.78 Å². The van der Waals surface area contributed by atoms with E-state index in [2.05, 4.69) is 18.1 Å². The first-order chi connectivity index (χ1) is 13.6. The van der Waals surface area contributed by atoms with E-state index < -0.39 is 5.82 Å². The zero-order valence-corrected chi connectivity index (χ0v) is 15.6. The number of aryl methyl sites for hydroxylation is 2. The van der Waals surface area contributed by atoms with E-state index in [4.69, 9.17) is 0 Å². The summed E-state index contributed by atoms with van der Waals surface area (Å²) in [5.74, 6) is -0.640. The van der Waals surface area contributed by atoms with Gasteiger partial charge in [0.15, 0.2) is 0 Å². The van der Waals surface area contributed by atoms with Gasteiger partial charge in [0, 0.05) is 12.6 Å². The number of fused-ring (bicyclic) bond motifs is 1. The number of aromatic nitrogens is 2. The van der Waals surface area contributed by atoms with Crippen LogP contribution in [-0.4, -0.2) is 22.2 Å². The first-order valence-electron chi connectivity index (χ1n) is 9.37. The van der Waals surface area contributed by atoms with Gasteiger partial charge in [0.1, 0.15) is 11.5 Å². The fourth-order valence-corrected chi connectivity index (χ4v) is 3.65. The van der Waals surface area contributed by atoms with Crippen molar-refractivity contribution in [1.29, 1.82) is 0 Å². The lowest BCUT2D eigenvalue weighted by molar-refractivity contribution is 0.0978. The van der Waals surface area contributed by atoms with Crippen LogP contribution in [0.1, 0.15) is 35.0 Å². The molecule has 1 amide bonds. The van der Waals surface area contributed by atoms with Crippen molar-refractivity contribution in [3.63, 3.8) is 0 Å². The van der Waals surface area contributed by atoms with Crippen LogP contribution >= 0.6 is 0 Å². The highest BCUT2D eigenvalue weighted by Gasteiger charge is 2.27. The van der Waals surface area contributed by atoms with Crippen LogP contribution in [0.4, 0.5) is 10.1 Å². The lowest BCUT2D eigenvalue weighted by Crippen LogP contribution is -2.38. The molecule has 1 aliphatic rings. The molecule has 0 atom stereocenters. The average Bonchev–Trinajstić information content (AvgIpc) is 2.73. The number of amides is 1. The summed E-state index contributed by atoms with van der Waals surface area (Å²) in [6.45, 7) is 2.68. The first-order valence-corrected chi connectivity index (χ1v) is 9.37. The number of hydrogen-bond acceptors (Lipinski definition) is 3. The van der Waals surface area contributed by atoms with Crippen molar-refractivity contribution in [3.8, 4) is 5.69 Å². The molecule has 5 nitrogen and oxygen atoms in total. The van der Waals surface area contributed by atoms with Crippen molar-refractivity contribution < 1.29 is 9.18 Å². The second-order valence-electron chi connectivity index (χ2n) is 6.78. The molecule has 2 heterocycles. The standard InChI is InChI=1S/C22H20FN3O2/c1-2-15-5-3-6-16-7-4-14-25(21(15)16)22(28)19-12-13-20(27)26(24-19)18-10-8-17(23)9-11-18/h3,5-6,8-13H,2,4,7,14H2,1H3. The maximum atomic E-state index is 13.3. The minimum absolute atomic E-state index is 0.183. The Bertz CT molecular complexity index is 1080. The Hall–Kier alpha value is -3.28. The second-order valence-corrected chi connectivity index (χ2v) is 6.78. The number of hydrogen-bond donors (Lipinski definition) is 0. The number of nitrogens with zero attached hydrogens (tertiary/aromatic N) is 3. The Morgan fingerprint density at radius 2 is 1.89 bits per heavy atom. The van der Waals surface area contributed by atoms with Crippen LogP contribution in [0.15, 0.2) is 59.4 Å². The number of rotatable bonds is 3. The molecule has 6 heteroatoms. The van der Waals surface area contributed by atoms with E-state index in [9.17, 15) is 14.0 Å². The predicted molar refractivity (Wildman–Crippen MR) is 106 cm³/mol. The van der Waals surface area contributed by atoms with E-state index >= 15 is 0 Å². The number of benzene rings is 2. The van der Waals surface area contributed by atoms with E-state index in [0.29, 0.717) is 12.2 Å². The topological polar surface area (TPSA) is 55.2 Å². The number of halogens is 1. The minimum Gasteiger partial charge on any atom is -0.306 e. The molecule has 1 aromatic heterocycles. The van der Waals surface area contributed by atoms with Crippen molar-refractivity contribution >= 4 is 11.6 Å². The zero-order valence-electron chi connectivity index (χ0n) is 15.6. The van der Waals surface area contributed by atoms with Gasteiger partial charge in [-0.3, -0.25) is 9.59 Å². The number of anilines is 1. The van der Waals surface area contributed by atoms with E-state index in [0.717, 1.165) is 40.8 Å². The summed E-state index contributed by atoms with van der Waals surface area (Å²) in [6, 6.07) is 14.3. The number of para-hydroxylation sites is 1. The molecule has 0 saturated heterocycles. The van der Waals surface area contributed by atoms with E-state index in [1.54, 1.807) is 4.90 Å². The van der Waals surface area contributed by atoms with Gasteiger partial charge >= 0.3 is 0 Å². The molecular formula is C22H20FN3O2. The van der Waals surface area contributed by atoms with E-state index in [1.165, 1.54) is 36.4 Å². The Morgan fingerprint density at radius 3 is 2.64 bits per heavy atom. The smallest absolute Gasteiger partial charge is 0.278 e. The Balaban J connectivity index is 1.76. The normalized spacial score (nSPS) is 13.3. The monoisotopic (exact) mass is 377 g/mol. The molecule has 0 aliphatic carbocycles. The summed E-state index contributed by atoms with van der Waals surface area (Å²) >= 11 is 0. The molecule has 2 aromatic carbocycles. The Morgan fingerprint density at radius 1 is 1.11 bits per heavy atom. The fraction of sp³-hybridized carbons (Fsp3) is 0.227. The van der Waals surface area contributed by atoms with Crippen LogP contribution in [0.2, 0.25) is 0 Å². The van der Waals surface area contributed by atoms with Crippen LogP contribution in [-0.2, 0) is 12.8 Å². The lowest BCUT2D eigenvalue weighted by atomic mass is 9.96. The minimum atomic E-state index is -0.402. The van der Waals surface area contributed by atoms with Crippen molar-refractivity contribution in [2.75, 3.05) is 11.4 Å². The van der Waals surface area contributed by atoms with Gasteiger partial charge in [-0.25, -0.2) is 4.39 Å². The van der Waals surface area contributed by atoms with E-state index in [-0.39, 0.29) is 17.2 Å². The van der Waals surface area contributed by atoms with Crippen LogP contribution < -0.4 is 10.5 Å². The predicted octanol–water partition coefficient (Wildman–Crippen LogP) is 3.53. The quantitative estimate of drug-likeness (QED) is 0.702. The van der Waals surface area contributed by atoms with Crippen LogP contribution in [0.5, 0.6) is 0 Å². The molecule has 4 rings (SSSR count). The zero-order chi connectivity index (χ0) is 19.7. The van der Waals surface area contributed by atoms with Gasteiger partial charge in [-0.15, -0.1) is 0 Å². The molecule has 0 bridgehead atoms. The number of carbonyl (C=O) groups is 1. The molecule has 0 saturated carbocycles. The molecule has 0 spiro atoms. The van der Waals surface area contributed by atoms with Gasteiger partial charge in [-0.2, -0.15) is 9.78 Å². The van der Waals surface area contributed by atoms with E-state index in [1.807, 2.05) is 12.1 Å². The van der Waals surface area contributed by atoms with Crippen molar-refractivity contribution in [3.05, 3.63) is 87.6 Å².